The molecule has 0 radical (unpaired) electrons. The number of para-hydroxylation sites is 1. The van der Waals surface area contributed by atoms with Crippen molar-refractivity contribution in [3.05, 3.63) is 42.0 Å². The summed E-state index contributed by atoms with van der Waals surface area (Å²) in [6.07, 6.45) is 3.78. The Morgan fingerprint density at radius 1 is 1.03 bits per heavy atom. The van der Waals surface area contributed by atoms with Crippen LogP contribution in [0.1, 0.15) is 25.3 Å². The van der Waals surface area contributed by atoms with Crippen LogP contribution in [0.25, 0.3) is 22.1 Å². The van der Waals surface area contributed by atoms with Gasteiger partial charge in [0.15, 0.2) is 17.1 Å². The highest BCUT2D eigenvalue weighted by atomic mass is 16.5. The standard InChI is InChI=1S/C23H26N6O3/c1-5-6-11-29-17-10-8-7-9-16(17)20-22(29)25-23(28-26-20)27-24-14-15-12-18(30-2)21(32-4)19(13-15)31-3/h7-10,12-14H,5-6,11H2,1-4H3,(H,25,27,28)/b24-14+. The van der Waals surface area contributed by atoms with Crippen LogP contribution in [0.15, 0.2) is 41.5 Å². The SMILES string of the molecule is CCCCn1c2ccccc2c2nnc(N/N=C/c3cc(OC)c(OC)c(OC)c3)nc21. The van der Waals surface area contributed by atoms with Crippen LogP contribution in [-0.2, 0) is 6.54 Å². The molecule has 0 spiro atoms. The second-order valence-electron chi connectivity index (χ2n) is 7.16. The lowest BCUT2D eigenvalue weighted by atomic mass is 10.2. The number of aryl methyl sites for hydroxylation is 1. The van der Waals surface area contributed by atoms with Crippen LogP contribution in [-0.4, -0.2) is 47.3 Å². The van der Waals surface area contributed by atoms with E-state index in [2.05, 4.69) is 43.3 Å². The Kier molecular flexibility index (Phi) is 6.34. The van der Waals surface area contributed by atoms with E-state index in [-0.39, 0.29) is 0 Å². The number of hydrazone groups is 1. The second kappa shape index (κ2) is 9.51. The minimum atomic E-state index is 0.321. The van der Waals surface area contributed by atoms with Crippen molar-refractivity contribution < 1.29 is 14.2 Å². The fraction of sp³-hybridized carbons (Fsp3) is 0.304. The van der Waals surface area contributed by atoms with Crippen molar-refractivity contribution in [3.8, 4) is 17.2 Å². The molecule has 2 aromatic carbocycles. The Balaban J connectivity index is 1.64. The highest BCUT2D eigenvalue weighted by molar-refractivity contribution is 6.04. The van der Waals surface area contributed by atoms with Crippen molar-refractivity contribution >= 4 is 34.2 Å². The van der Waals surface area contributed by atoms with E-state index in [1.54, 1.807) is 39.7 Å². The fourth-order valence-corrected chi connectivity index (χ4v) is 3.63. The maximum absolute atomic E-state index is 5.38. The third-order valence-electron chi connectivity index (χ3n) is 5.17. The lowest BCUT2D eigenvalue weighted by molar-refractivity contribution is 0.324. The summed E-state index contributed by atoms with van der Waals surface area (Å²) in [5.74, 6) is 1.95. The topological polar surface area (TPSA) is 95.7 Å². The van der Waals surface area contributed by atoms with Crippen LogP contribution in [0.4, 0.5) is 5.95 Å². The first-order valence-electron chi connectivity index (χ1n) is 10.4. The van der Waals surface area contributed by atoms with Crippen LogP contribution in [0.5, 0.6) is 17.2 Å². The normalized spacial score (nSPS) is 11.4. The highest BCUT2D eigenvalue weighted by Crippen LogP contribution is 2.37. The molecule has 0 fully saturated rings. The van der Waals surface area contributed by atoms with Gasteiger partial charge in [-0.05, 0) is 24.6 Å². The van der Waals surface area contributed by atoms with E-state index in [9.17, 15) is 0 Å². The lowest BCUT2D eigenvalue weighted by Crippen LogP contribution is -2.03. The molecular weight excluding hydrogens is 408 g/mol. The molecule has 0 aliphatic heterocycles. The molecule has 0 saturated carbocycles. The number of ether oxygens (including phenoxy) is 3. The van der Waals surface area contributed by atoms with Crippen LogP contribution in [0, 0.1) is 0 Å². The van der Waals surface area contributed by atoms with Gasteiger partial charge in [0.25, 0.3) is 5.95 Å². The number of benzene rings is 2. The number of anilines is 1. The first kappa shape index (κ1) is 21.4. The first-order valence-corrected chi connectivity index (χ1v) is 10.4. The Labute approximate surface area is 186 Å². The van der Waals surface area contributed by atoms with Crippen LogP contribution >= 0.6 is 0 Å². The number of unbranched alkanes of at least 4 members (excludes halogenated alkanes) is 1. The molecule has 0 saturated heterocycles. The molecule has 0 bridgehead atoms. The van der Waals surface area contributed by atoms with E-state index in [0.717, 1.165) is 47.0 Å². The van der Waals surface area contributed by atoms with Gasteiger partial charge in [0.1, 0.15) is 5.52 Å². The lowest BCUT2D eigenvalue weighted by Gasteiger charge is -2.12. The Hall–Kier alpha value is -3.88. The summed E-state index contributed by atoms with van der Waals surface area (Å²) < 4.78 is 18.3. The van der Waals surface area contributed by atoms with Gasteiger partial charge in [-0.2, -0.15) is 10.1 Å². The number of methoxy groups -OCH3 is 3. The summed E-state index contributed by atoms with van der Waals surface area (Å²) >= 11 is 0. The maximum Gasteiger partial charge on any atom is 0.265 e. The van der Waals surface area contributed by atoms with E-state index in [1.807, 2.05) is 18.2 Å². The maximum atomic E-state index is 5.38. The van der Waals surface area contributed by atoms with Gasteiger partial charge in [-0.25, -0.2) is 5.43 Å². The Morgan fingerprint density at radius 2 is 1.78 bits per heavy atom. The van der Waals surface area contributed by atoms with Crippen molar-refractivity contribution in [1.82, 2.24) is 19.7 Å². The molecule has 4 rings (SSSR count). The number of fused-ring (bicyclic) bond motifs is 3. The molecule has 166 valence electrons. The van der Waals surface area contributed by atoms with Crippen molar-refractivity contribution in [1.29, 1.82) is 0 Å². The van der Waals surface area contributed by atoms with Gasteiger partial charge in [0, 0.05) is 17.5 Å². The largest absolute Gasteiger partial charge is 0.493 e. The van der Waals surface area contributed by atoms with Gasteiger partial charge in [-0.1, -0.05) is 31.5 Å². The number of hydrogen-bond donors (Lipinski definition) is 1. The summed E-state index contributed by atoms with van der Waals surface area (Å²) in [5.41, 5.74) is 6.32. The molecule has 0 amide bonds. The molecule has 0 aliphatic rings. The monoisotopic (exact) mass is 434 g/mol. The van der Waals surface area contributed by atoms with E-state index < -0.39 is 0 Å². The minimum absolute atomic E-state index is 0.321. The third kappa shape index (κ3) is 4.01. The summed E-state index contributed by atoms with van der Waals surface area (Å²) in [6, 6.07) is 11.8. The van der Waals surface area contributed by atoms with Crippen molar-refractivity contribution in [2.75, 3.05) is 26.8 Å². The van der Waals surface area contributed by atoms with Gasteiger partial charge in [-0.15, -0.1) is 10.2 Å². The van der Waals surface area contributed by atoms with Crippen molar-refractivity contribution in [2.24, 2.45) is 5.10 Å². The molecule has 1 N–H and O–H groups in total. The minimum Gasteiger partial charge on any atom is -0.493 e. The zero-order valence-electron chi connectivity index (χ0n) is 18.6. The average molecular weight is 435 g/mol. The van der Waals surface area contributed by atoms with Gasteiger partial charge >= 0.3 is 0 Å². The molecule has 2 heterocycles. The first-order chi connectivity index (χ1) is 15.7. The number of hydrogen-bond acceptors (Lipinski definition) is 8. The summed E-state index contributed by atoms with van der Waals surface area (Å²) in [7, 11) is 4.71. The number of aromatic nitrogens is 4. The van der Waals surface area contributed by atoms with E-state index >= 15 is 0 Å². The number of nitrogens with one attached hydrogen (secondary N) is 1. The third-order valence-corrected chi connectivity index (χ3v) is 5.17. The zero-order valence-corrected chi connectivity index (χ0v) is 18.6. The van der Waals surface area contributed by atoms with Gasteiger partial charge in [0.05, 0.1) is 33.1 Å². The van der Waals surface area contributed by atoms with Crippen molar-refractivity contribution in [2.45, 2.75) is 26.3 Å². The van der Waals surface area contributed by atoms with Gasteiger partial charge in [-0.3, -0.25) is 0 Å². The average Bonchev–Trinajstić information content (AvgIpc) is 3.14. The summed E-state index contributed by atoms with van der Waals surface area (Å²) in [4.78, 5) is 4.69. The quantitative estimate of drug-likeness (QED) is 0.311. The van der Waals surface area contributed by atoms with Gasteiger partial charge < -0.3 is 18.8 Å². The van der Waals surface area contributed by atoms with E-state index in [4.69, 9.17) is 14.2 Å². The molecule has 0 aliphatic carbocycles. The second-order valence-corrected chi connectivity index (χ2v) is 7.16. The molecule has 9 nitrogen and oxygen atoms in total. The highest BCUT2D eigenvalue weighted by Gasteiger charge is 2.15. The van der Waals surface area contributed by atoms with Crippen molar-refractivity contribution in [3.63, 3.8) is 0 Å². The molecule has 0 unspecified atom stereocenters. The molecule has 9 heteroatoms. The Morgan fingerprint density at radius 3 is 2.47 bits per heavy atom. The van der Waals surface area contributed by atoms with Crippen LogP contribution < -0.4 is 19.6 Å². The number of nitrogens with zero attached hydrogens (tertiary/aromatic N) is 5. The fourth-order valence-electron chi connectivity index (χ4n) is 3.63. The summed E-state index contributed by atoms with van der Waals surface area (Å²) in [6.45, 7) is 3.04. The molecule has 4 aromatic rings. The van der Waals surface area contributed by atoms with E-state index in [0.29, 0.717) is 23.2 Å². The van der Waals surface area contributed by atoms with Gasteiger partial charge in [0.2, 0.25) is 5.75 Å². The summed E-state index contributed by atoms with van der Waals surface area (Å²) in [5, 5.41) is 13.9. The molecule has 2 aromatic heterocycles. The predicted molar refractivity (Wildman–Crippen MR) is 125 cm³/mol. The van der Waals surface area contributed by atoms with Crippen LogP contribution in [0.2, 0.25) is 0 Å². The zero-order chi connectivity index (χ0) is 22.5. The smallest absolute Gasteiger partial charge is 0.265 e. The number of rotatable bonds is 9. The Bertz CT molecular complexity index is 1240. The predicted octanol–water partition coefficient (Wildman–Crippen LogP) is 4.25. The molecule has 32 heavy (non-hydrogen) atoms. The molecular formula is C23H26N6O3. The van der Waals surface area contributed by atoms with Crippen LogP contribution in [0.3, 0.4) is 0 Å². The molecule has 0 atom stereocenters. The van der Waals surface area contributed by atoms with E-state index in [1.165, 1.54) is 0 Å².